The number of halogens is 1. The summed E-state index contributed by atoms with van der Waals surface area (Å²) < 4.78 is 6.22. The Bertz CT molecular complexity index is 580. The average molecular weight is 334 g/mol. The maximum Gasteiger partial charge on any atom is 0.237 e. The fraction of sp³-hybridized carbons (Fsp3) is 0.308. The third-order valence-electron chi connectivity index (χ3n) is 2.81. The summed E-state index contributed by atoms with van der Waals surface area (Å²) >= 11 is 3.40. The molecule has 20 heavy (non-hydrogen) atoms. The Balaban J connectivity index is 2.26. The summed E-state index contributed by atoms with van der Waals surface area (Å²) in [6.45, 7) is 2.95. The number of rotatable bonds is 3. The van der Waals surface area contributed by atoms with Gasteiger partial charge in [0, 0.05) is 17.6 Å². The lowest BCUT2D eigenvalue weighted by molar-refractivity contribution is 0.123. The molecule has 1 aromatic carbocycles. The van der Waals surface area contributed by atoms with Crippen molar-refractivity contribution in [2.45, 2.75) is 0 Å². The summed E-state index contributed by atoms with van der Waals surface area (Å²) in [6.07, 6.45) is 0. The quantitative estimate of drug-likeness (QED) is 0.676. The molecular formula is C13H12BrN5O. The van der Waals surface area contributed by atoms with Crippen LogP contribution in [-0.2, 0) is 4.74 Å². The van der Waals surface area contributed by atoms with Gasteiger partial charge in [0.2, 0.25) is 5.71 Å². The van der Waals surface area contributed by atoms with Crippen molar-refractivity contribution in [2.75, 3.05) is 36.6 Å². The van der Waals surface area contributed by atoms with Crippen LogP contribution >= 0.6 is 15.9 Å². The maximum atomic E-state index is 8.70. The normalized spacial score (nSPS) is 14.1. The van der Waals surface area contributed by atoms with Gasteiger partial charge < -0.3 is 9.64 Å². The predicted molar refractivity (Wildman–Crippen MR) is 79.5 cm³/mol. The molecule has 0 unspecified atom stereocenters. The van der Waals surface area contributed by atoms with Crippen molar-refractivity contribution in [3.8, 4) is 12.1 Å². The van der Waals surface area contributed by atoms with Gasteiger partial charge in [-0.1, -0.05) is 15.9 Å². The molecule has 6 nitrogen and oxygen atoms in total. The second-order valence-electron chi connectivity index (χ2n) is 4.06. The Morgan fingerprint density at radius 2 is 2.00 bits per heavy atom. The number of hydrazone groups is 1. The molecule has 0 aromatic heterocycles. The van der Waals surface area contributed by atoms with E-state index in [-0.39, 0.29) is 5.71 Å². The van der Waals surface area contributed by atoms with E-state index in [0.29, 0.717) is 13.2 Å². The molecule has 0 amide bonds. The van der Waals surface area contributed by atoms with Gasteiger partial charge in [0.1, 0.15) is 12.1 Å². The standard InChI is InChI=1S/C13H12BrN5O/c14-10-1-2-13(19-3-5-20-6-4-19)12(7-10)18-17-11(8-15)9-16/h1-2,7,18H,3-6H2. The van der Waals surface area contributed by atoms with Crippen molar-refractivity contribution in [3.05, 3.63) is 22.7 Å². The first kappa shape index (κ1) is 14.3. The largest absolute Gasteiger partial charge is 0.378 e. The van der Waals surface area contributed by atoms with Crippen LogP contribution in [0.1, 0.15) is 0 Å². The van der Waals surface area contributed by atoms with E-state index in [1.807, 2.05) is 18.2 Å². The Kier molecular flexibility index (Phi) is 4.94. The van der Waals surface area contributed by atoms with Gasteiger partial charge in [0.15, 0.2) is 0 Å². The third-order valence-corrected chi connectivity index (χ3v) is 3.30. The minimum Gasteiger partial charge on any atom is -0.378 e. The van der Waals surface area contributed by atoms with Crippen LogP contribution in [0.2, 0.25) is 0 Å². The van der Waals surface area contributed by atoms with E-state index < -0.39 is 0 Å². The van der Waals surface area contributed by atoms with Crippen molar-refractivity contribution < 1.29 is 4.74 Å². The summed E-state index contributed by atoms with van der Waals surface area (Å²) in [5.41, 5.74) is 4.28. The fourth-order valence-corrected chi connectivity index (χ4v) is 2.23. The second-order valence-corrected chi connectivity index (χ2v) is 4.97. The lowest BCUT2D eigenvalue weighted by Crippen LogP contribution is -2.36. The van der Waals surface area contributed by atoms with E-state index in [0.717, 1.165) is 28.9 Å². The van der Waals surface area contributed by atoms with Gasteiger partial charge in [-0.15, -0.1) is 0 Å². The van der Waals surface area contributed by atoms with Gasteiger partial charge in [-0.3, -0.25) is 5.43 Å². The Labute approximate surface area is 125 Å². The minimum atomic E-state index is -0.210. The molecular weight excluding hydrogens is 322 g/mol. The fourth-order valence-electron chi connectivity index (χ4n) is 1.87. The van der Waals surface area contributed by atoms with Crippen LogP contribution in [0.3, 0.4) is 0 Å². The minimum absolute atomic E-state index is 0.210. The van der Waals surface area contributed by atoms with Gasteiger partial charge in [-0.25, -0.2) is 0 Å². The number of nitrogens with zero attached hydrogens (tertiary/aromatic N) is 4. The summed E-state index contributed by atoms with van der Waals surface area (Å²) in [6, 6.07) is 9.20. The molecule has 0 aliphatic carbocycles. The first-order valence-electron chi connectivity index (χ1n) is 6.00. The average Bonchev–Trinajstić information content (AvgIpc) is 2.49. The van der Waals surface area contributed by atoms with Crippen molar-refractivity contribution in [3.63, 3.8) is 0 Å². The number of nitriles is 2. The van der Waals surface area contributed by atoms with Crippen molar-refractivity contribution in [1.82, 2.24) is 0 Å². The number of benzene rings is 1. The smallest absolute Gasteiger partial charge is 0.237 e. The third kappa shape index (κ3) is 3.47. The lowest BCUT2D eigenvalue weighted by Gasteiger charge is -2.30. The number of ether oxygens (including phenoxy) is 1. The molecule has 0 radical (unpaired) electrons. The topological polar surface area (TPSA) is 84.4 Å². The highest BCUT2D eigenvalue weighted by Gasteiger charge is 2.15. The summed E-state index contributed by atoms with van der Waals surface area (Å²) in [5, 5.41) is 21.2. The van der Waals surface area contributed by atoms with Crippen LogP contribution < -0.4 is 10.3 Å². The molecule has 1 heterocycles. The van der Waals surface area contributed by atoms with E-state index in [2.05, 4.69) is 31.4 Å². The zero-order chi connectivity index (χ0) is 14.4. The second kappa shape index (κ2) is 6.90. The molecule has 1 N–H and O–H groups in total. The first-order chi connectivity index (χ1) is 9.74. The zero-order valence-electron chi connectivity index (χ0n) is 10.6. The molecule has 0 atom stereocenters. The van der Waals surface area contributed by atoms with Crippen LogP contribution in [0, 0.1) is 22.7 Å². The first-order valence-corrected chi connectivity index (χ1v) is 6.80. The van der Waals surface area contributed by atoms with E-state index in [1.165, 1.54) is 0 Å². The predicted octanol–water partition coefficient (Wildman–Crippen LogP) is 2.10. The summed E-state index contributed by atoms with van der Waals surface area (Å²) in [5.74, 6) is 0. The molecule has 7 heteroatoms. The molecule has 1 saturated heterocycles. The van der Waals surface area contributed by atoms with Gasteiger partial charge in [0.25, 0.3) is 0 Å². The van der Waals surface area contributed by atoms with Crippen LogP contribution in [0.15, 0.2) is 27.8 Å². The zero-order valence-corrected chi connectivity index (χ0v) is 12.2. The highest BCUT2D eigenvalue weighted by molar-refractivity contribution is 9.10. The molecule has 0 spiro atoms. The molecule has 1 aromatic rings. The van der Waals surface area contributed by atoms with Gasteiger partial charge in [-0.2, -0.15) is 15.6 Å². The Hall–Kier alpha value is -2.09. The molecule has 0 bridgehead atoms. The lowest BCUT2D eigenvalue weighted by atomic mass is 10.2. The monoisotopic (exact) mass is 333 g/mol. The number of morpholine rings is 1. The Morgan fingerprint density at radius 1 is 1.30 bits per heavy atom. The van der Waals surface area contributed by atoms with Gasteiger partial charge in [-0.05, 0) is 18.2 Å². The number of nitrogens with one attached hydrogen (secondary N) is 1. The van der Waals surface area contributed by atoms with Crippen LogP contribution in [0.4, 0.5) is 11.4 Å². The molecule has 102 valence electrons. The van der Waals surface area contributed by atoms with E-state index in [1.54, 1.807) is 12.1 Å². The van der Waals surface area contributed by atoms with Crippen molar-refractivity contribution in [1.29, 1.82) is 10.5 Å². The number of anilines is 2. The molecule has 0 saturated carbocycles. The summed E-state index contributed by atoms with van der Waals surface area (Å²) in [7, 11) is 0. The highest BCUT2D eigenvalue weighted by atomic mass is 79.9. The number of hydrogen-bond acceptors (Lipinski definition) is 6. The van der Waals surface area contributed by atoms with Gasteiger partial charge >= 0.3 is 0 Å². The van der Waals surface area contributed by atoms with Crippen molar-refractivity contribution >= 4 is 33.0 Å². The molecule has 1 fully saturated rings. The van der Waals surface area contributed by atoms with E-state index in [4.69, 9.17) is 15.3 Å². The van der Waals surface area contributed by atoms with Crippen LogP contribution in [0.5, 0.6) is 0 Å². The van der Waals surface area contributed by atoms with Crippen LogP contribution in [0.25, 0.3) is 0 Å². The van der Waals surface area contributed by atoms with Gasteiger partial charge in [0.05, 0.1) is 24.6 Å². The maximum absolute atomic E-state index is 8.70. The molecule has 2 rings (SSSR count). The Morgan fingerprint density at radius 3 is 2.65 bits per heavy atom. The van der Waals surface area contributed by atoms with Crippen molar-refractivity contribution in [2.24, 2.45) is 5.10 Å². The van der Waals surface area contributed by atoms with E-state index >= 15 is 0 Å². The molecule has 1 aliphatic rings. The summed E-state index contributed by atoms with van der Waals surface area (Å²) in [4.78, 5) is 2.17. The van der Waals surface area contributed by atoms with Crippen LogP contribution in [-0.4, -0.2) is 32.0 Å². The van der Waals surface area contributed by atoms with E-state index in [9.17, 15) is 0 Å². The number of hydrogen-bond donors (Lipinski definition) is 1. The molecule has 1 aliphatic heterocycles. The highest BCUT2D eigenvalue weighted by Crippen LogP contribution is 2.30. The SMILES string of the molecule is N#CC(C#N)=NNc1cc(Br)ccc1N1CCOCC1.